The van der Waals surface area contributed by atoms with Crippen LogP contribution in [0.5, 0.6) is 0 Å². The topological polar surface area (TPSA) is 0 Å². The first-order valence-electron chi connectivity index (χ1n) is 5.40. The molecule has 2 rings (SSSR count). The van der Waals surface area contributed by atoms with Gasteiger partial charge in [0.2, 0.25) is 0 Å². The van der Waals surface area contributed by atoms with E-state index in [1.165, 1.54) is 12.1 Å². The van der Waals surface area contributed by atoms with E-state index in [-0.39, 0.29) is 10.4 Å². The molecule has 0 aliphatic heterocycles. The van der Waals surface area contributed by atoms with Gasteiger partial charge in [0.25, 0.3) is 0 Å². The van der Waals surface area contributed by atoms with Gasteiger partial charge in [-0.1, -0.05) is 41.4 Å². The molecular weight excluding hydrogens is 294 g/mol. The van der Waals surface area contributed by atoms with Crippen molar-refractivity contribution in [1.29, 1.82) is 0 Å². The van der Waals surface area contributed by atoms with Gasteiger partial charge in [-0.2, -0.15) is 0 Å². The highest BCUT2D eigenvalue weighted by atomic mass is 35.5. The third kappa shape index (κ3) is 3.38. The van der Waals surface area contributed by atoms with Crippen molar-refractivity contribution < 1.29 is 4.39 Å². The van der Waals surface area contributed by atoms with Crippen LogP contribution in [-0.4, -0.2) is 0 Å². The van der Waals surface area contributed by atoms with Crippen LogP contribution >= 0.6 is 34.8 Å². The molecule has 0 saturated carbocycles. The maximum atomic E-state index is 13.3. The van der Waals surface area contributed by atoms with Crippen LogP contribution in [0.2, 0.25) is 10.0 Å². The highest BCUT2D eigenvalue weighted by Gasteiger charge is 2.11. The van der Waals surface area contributed by atoms with Gasteiger partial charge in [-0.25, -0.2) is 4.39 Å². The van der Waals surface area contributed by atoms with Crippen LogP contribution in [0.25, 0.3) is 0 Å². The Kier molecular flexibility index (Phi) is 4.50. The molecule has 18 heavy (non-hydrogen) atoms. The predicted molar refractivity (Wildman–Crippen MR) is 75.2 cm³/mol. The summed E-state index contributed by atoms with van der Waals surface area (Å²) in [5.74, 6) is -0.448. The summed E-state index contributed by atoms with van der Waals surface area (Å²) < 4.78 is 13.3. The maximum absolute atomic E-state index is 13.3. The molecule has 1 unspecified atom stereocenters. The molecule has 0 heterocycles. The number of halogens is 4. The minimum absolute atomic E-state index is 0.106. The van der Waals surface area contributed by atoms with Crippen molar-refractivity contribution in [3.8, 4) is 0 Å². The van der Waals surface area contributed by atoms with Crippen LogP contribution in [0, 0.1) is 5.82 Å². The molecule has 0 spiro atoms. The zero-order valence-corrected chi connectivity index (χ0v) is 11.6. The molecule has 4 heteroatoms. The lowest BCUT2D eigenvalue weighted by atomic mass is 10.0. The zero-order chi connectivity index (χ0) is 13.1. The zero-order valence-electron chi connectivity index (χ0n) is 9.34. The summed E-state index contributed by atoms with van der Waals surface area (Å²) in [4.78, 5) is 0. The van der Waals surface area contributed by atoms with Crippen molar-refractivity contribution in [3.05, 3.63) is 69.5 Å². The summed E-state index contributed by atoms with van der Waals surface area (Å²) in [7, 11) is 0. The van der Waals surface area contributed by atoms with E-state index in [1.807, 2.05) is 24.3 Å². The van der Waals surface area contributed by atoms with E-state index >= 15 is 0 Å². The Morgan fingerprint density at radius 1 is 1.00 bits per heavy atom. The van der Waals surface area contributed by atoms with Crippen molar-refractivity contribution in [1.82, 2.24) is 0 Å². The van der Waals surface area contributed by atoms with E-state index < -0.39 is 5.82 Å². The van der Waals surface area contributed by atoms with Gasteiger partial charge in [0.1, 0.15) is 5.82 Å². The molecule has 94 valence electrons. The number of rotatable bonds is 3. The second-order valence-corrected chi connectivity index (χ2v) is 5.34. The van der Waals surface area contributed by atoms with Gasteiger partial charge in [-0.3, -0.25) is 0 Å². The van der Waals surface area contributed by atoms with Crippen LogP contribution in [-0.2, 0) is 6.42 Å². The van der Waals surface area contributed by atoms with E-state index in [2.05, 4.69) is 0 Å². The Labute approximate surface area is 120 Å². The van der Waals surface area contributed by atoms with Crippen molar-refractivity contribution >= 4 is 34.8 Å². The van der Waals surface area contributed by atoms with Gasteiger partial charge in [-0.05, 0) is 41.8 Å². The average Bonchev–Trinajstić information content (AvgIpc) is 2.35. The largest absolute Gasteiger partial charge is 0.205 e. The molecule has 0 nitrogen and oxygen atoms in total. The maximum Gasteiger partial charge on any atom is 0.142 e. The van der Waals surface area contributed by atoms with Crippen LogP contribution < -0.4 is 0 Å². The summed E-state index contributed by atoms with van der Waals surface area (Å²) in [5.41, 5.74) is 1.77. The Balaban J connectivity index is 2.13. The smallest absolute Gasteiger partial charge is 0.142 e. The lowest BCUT2D eigenvalue weighted by Gasteiger charge is -2.10. The van der Waals surface area contributed by atoms with Crippen LogP contribution in [0.15, 0.2) is 42.5 Å². The molecular formula is C14H10Cl3F. The molecule has 2 aromatic carbocycles. The normalized spacial score (nSPS) is 12.4. The van der Waals surface area contributed by atoms with Gasteiger partial charge in [0, 0.05) is 5.02 Å². The van der Waals surface area contributed by atoms with E-state index in [9.17, 15) is 4.39 Å². The SMILES string of the molecule is Fc1cc(C(Cl)Cc2ccc(Cl)cc2)ccc1Cl. The van der Waals surface area contributed by atoms with E-state index in [1.54, 1.807) is 6.07 Å². The Hall–Kier alpha value is -0.760. The highest BCUT2D eigenvalue weighted by Crippen LogP contribution is 2.28. The molecule has 0 aliphatic carbocycles. The summed E-state index contributed by atoms with van der Waals surface area (Å²) in [6.45, 7) is 0. The first-order chi connectivity index (χ1) is 8.56. The van der Waals surface area contributed by atoms with Gasteiger partial charge in [-0.15, -0.1) is 11.6 Å². The van der Waals surface area contributed by atoms with Gasteiger partial charge in [0.15, 0.2) is 0 Å². The second-order valence-electron chi connectivity index (χ2n) is 3.97. The number of hydrogen-bond acceptors (Lipinski definition) is 0. The molecule has 0 amide bonds. The standard InChI is InChI=1S/C14H10Cl3F/c15-11-4-1-9(2-5-11)7-13(17)10-3-6-12(16)14(18)8-10/h1-6,8,13H,7H2. The van der Waals surface area contributed by atoms with Crippen molar-refractivity contribution in [3.63, 3.8) is 0 Å². The Morgan fingerprint density at radius 2 is 1.67 bits per heavy atom. The Bertz CT molecular complexity index is 537. The third-order valence-corrected chi connectivity index (χ3v) is 3.60. The molecule has 0 bridgehead atoms. The fourth-order valence-corrected chi connectivity index (χ4v) is 2.21. The lowest BCUT2D eigenvalue weighted by molar-refractivity contribution is 0.625. The number of alkyl halides is 1. The minimum Gasteiger partial charge on any atom is -0.205 e. The Morgan fingerprint density at radius 3 is 2.28 bits per heavy atom. The summed E-state index contributed by atoms with van der Waals surface area (Å²) >= 11 is 17.7. The van der Waals surface area contributed by atoms with E-state index in [0.29, 0.717) is 17.0 Å². The summed E-state index contributed by atoms with van der Waals surface area (Å²) in [6.07, 6.45) is 0.611. The molecule has 0 fully saturated rings. The van der Waals surface area contributed by atoms with E-state index in [4.69, 9.17) is 34.8 Å². The van der Waals surface area contributed by atoms with Crippen molar-refractivity contribution in [2.24, 2.45) is 0 Å². The van der Waals surface area contributed by atoms with Crippen molar-refractivity contribution in [2.45, 2.75) is 11.8 Å². The molecule has 1 atom stereocenters. The average molecular weight is 304 g/mol. The minimum atomic E-state index is -0.448. The van der Waals surface area contributed by atoms with Crippen LogP contribution in [0.4, 0.5) is 4.39 Å². The summed E-state index contributed by atoms with van der Waals surface area (Å²) in [5, 5.41) is 0.495. The molecule has 0 saturated heterocycles. The summed E-state index contributed by atoms with van der Waals surface area (Å²) in [6, 6.07) is 12.1. The van der Waals surface area contributed by atoms with Crippen molar-refractivity contribution in [2.75, 3.05) is 0 Å². The fourth-order valence-electron chi connectivity index (χ4n) is 1.65. The molecule has 0 aliphatic rings. The van der Waals surface area contributed by atoms with Gasteiger partial charge >= 0.3 is 0 Å². The molecule has 2 aromatic rings. The third-order valence-electron chi connectivity index (χ3n) is 2.63. The van der Waals surface area contributed by atoms with E-state index in [0.717, 1.165) is 5.56 Å². The first kappa shape index (κ1) is 13.7. The second kappa shape index (κ2) is 5.92. The van der Waals surface area contributed by atoms with Crippen LogP contribution in [0.1, 0.15) is 16.5 Å². The first-order valence-corrected chi connectivity index (χ1v) is 6.59. The quantitative estimate of drug-likeness (QED) is 0.642. The van der Waals surface area contributed by atoms with Gasteiger partial charge < -0.3 is 0 Å². The fraction of sp³-hybridized carbons (Fsp3) is 0.143. The predicted octanol–water partition coefficient (Wildman–Crippen LogP) is 5.66. The molecule has 0 N–H and O–H groups in total. The molecule has 0 aromatic heterocycles. The number of benzene rings is 2. The lowest BCUT2D eigenvalue weighted by Crippen LogP contribution is -1.96. The van der Waals surface area contributed by atoms with Gasteiger partial charge in [0.05, 0.1) is 10.4 Å². The molecule has 0 radical (unpaired) electrons. The monoisotopic (exact) mass is 302 g/mol. The number of hydrogen-bond donors (Lipinski definition) is 0. The highest BCUT2D eigenvalue weighted by molar-refractivity contribution is 6.31. The van der Waals surface area contributed by atoms with Crippen LogP contribution in [0.3, 0.4) is 0 Å².